The molecule has 1 heterocycles. The summed E-state index contributed by atoms with van der Waals surface area (Å²) in [5.41, 5.74) is 6.43. The molecule has 0 unspecified atom stereocenters. The zero-order valence-electron chi connectivity index (χ0n) is 7.92. The number of halogens is 3. The van der Waals surface area contributed by atoms with Gasteiger partial charge < -0.3 is 5.73 Å². The number of nitrogens with two attached hydrogens (primary N) is 1. The standard InChI is InChI=1S/C10H6Cl2IN3/c11-5-1-2-6(7(12)3-5)10-15-4-8(13)9(14)16-10/h1-4H,(H2,14,15,16). The molecule has 82 valence electrons. The third kappa shape index (κ3) is 2.39. The van der Waals surface area contributed by atoms with E-state index in [-0.39, 0.29) is 0 Å². The highest BCUT2D eigenvalue weighted by atomic mass is 127. The van der Waals surface area contributed by atoms with Gasteiger partial charge in [0.2, 0.25) is 0 Å². The Bertz CT molecular complexity index is 546. The van der Waals surface area contributed by atoms with Crippen molar-refractivity contribution in [3.8, 4) is 11.4 Å². The quantitative estimate of drug-likeness (QED) is 0.785. The maximum Gasteiger partial charge on any atom is 0.163 e. The Morgan fingerprint density at radius 3 is 2.62 bits per heavy atom. The molecule has 0 saturated carbocycles. The first-order valence-corrected chi connectivity index (χ1v) is 6.15. The largest absolute Gasteiger partial charge is 0.383 e. The number of rotatable bonds is 1. The van der Waals surface area contributed by atoms with Crippen LogP contribution in [-0.4, -0.2) is 9.97 Å². The summed E-state index contributed by atoms with van der Waals surface area (Å²) in [4.78, 5) is 8.34. The lowest BCUT2D eigenvalue weighted by Crippen LogP contribution is -1.98. The zero-order valence-corrected chi connectivity index (χ0v) is 11.6. The minimum atomic E-state index is 0.441. The second-order valence-corrected chi connectivity index (χ2v) is 5.06. The molecule has 0 spiro atoms. The summed E-state index contributed by atoms with van der Waals surface area (Å²) in [6.45, 7) is 0. The molecule has 0 aliphatic rings. The Morgan fingerprint density at radius 1 is 1.25 bits per heavy atom. The molecule has 2 rings (SSSR count). The van der Waals surface area contributed by atoms with E-state index in [9.17, 15) is 0 Å². The lowest BCUT2D eigenvalue weighted by Gasteiger charge is -2.04. The van der Waals surface area contributed by atoms with Crippen molar-refractivity contribution in [2.45, 2.75) is 0 Å². The molecule has 1 aromatic heterocycles. The van der Waals surface area contributed by atoms with Crippen LogP contribution in [0.5, 0.6) is 0 Å². The van der Waals surface area contributed by atoms with Crippen LogP contribution in [0.3, 0.4) is 0 Å². The van der Waals surface area contributed by atoms with Crippen molar-refractivity contribution in [3.05, 3.63) is 38.0 Å². The van der Waals surface area contributed by atoms with Crippen LogP contribution in [0.1, 0.15) is 0 Å². The van der Waals surface area contributed by atoms with Crippen LogP contribution in [0, 0.1) is 3.57 Å². The van der Waals surface area contributed by atoms with Crippen LogP contribution in [0.15, 0.2) is 24.4 Å². The zero-order chi connectivity index (χ0) is 11.7. The SMILES string of the molecule is Nc1nc(-c2ccc(Cl)cc2Cl)ncc1I. The van der Waals surface area contributed by atoms with Gasteiger partial charge in [-0.15, -0.1) is 0 Å². The van der Waals surface area contributed by atoms with Crippen molar-refractivity contribution in [2.75, 3.05) is 5.73 Å². The number of anilines is 1. The molecule has 0 bridgehead atoms. The van der Waals surface area contributed by atoms with Gasteiger partial charge in [0.05, 0.1) is 8.59 Å². The highest BCUT2D eigenvalue weighted by molar-refractivity contribution is 14.1. The van der Waals surface area contributed by atoms with Crippen LogP contribution in [0.25, 0.3) is 11.4 Å². The smallest absolute Gasteiger partial charge is 0.163 e. The molecule has 1 aromatic carbocycles. The van der Waals surface area contributed by atoms with E-state index in [1.165, 1.54) is 0 Å². The number of nitrogen functional groups attached to an aromatic ring is 1. The first-order valence-electron chi connectivity index (χ1n) is 4.31. The second-order valence-electron chi connectivity index (χ2n) is 3.05. The molecular formula is C10H6Cl2IN3. The fourth-order valence-corrected chi connectivity index (χ4v) is 1.93. The molecular weight excluding hydrogens is 360 g/mol. The van der Waals surface area contributed by atoms with Gasteiger partial charge in [-0.2, -0.15) is 0 Å². The maximum absolute atomic E-state index is 6.05. The van der Waals surface area contributed by atoms with E-state index in [0.29, 0.717) is 27.3 Å². The van der Waals surface area contributed by atoms with Gasteiger partial charge in [-0.1, -0.05) is 23.2 Å². The van der Waals surface area contributed by atoms with Gasteiger partial charge in [-0.3, -0.25) is 0 Å². The Balaban J connectivity index is 2.54. The number of benzene rings is 1. The third-order valence-corrected chi connectivity index (χ3v) is 3.32. The number of hydrogen-bond donors (Lipinski definition) is 1. The number of nitrogens with zero attached hydrogens (tertiary/aromatic N) is 2. The van der Waals surface area contributed by atoms with Crippen molar-refractivity contribution < 1.29 is 0 Å². The summed E-state index contributed by atoms with van der Waals surface area (Å²) in [6.07, 6.45) is 1.66. The average molecular weight is 366 g/mol. The molecule has 0 atom stereocenters. The fraction of sp³-hybridized carbons (Fsp3) is 0. The molecule has 6 heteroatoms. The Kier molecular flexibility index (Phi) is 3.51. The molecule has 0 aliphatic heterocycles. The van der Waals surface area contributed by atoms with E-state index in [0.717, 1.165) is 3.57 Å². The summed E-state index contributed by atoms with van der Waals surface area (Å²) in [7, 11) is 0. The highest BCUT2D eigenvalue weighted by Gasteiger charge is 2.08. The topological polar surface area (TPSA) is 51.8 Å². The van der Waals surface area contributed by atoms with E-state index < -0.39 is 0 Å². The molecule has 3 nitrogen and oxygen atoms in total. The molecule has 0 aliphatic carbocycles. The summed E-state index contributed by atoms with van der Waals surface area (Å²) < 4.78 is 0.812. The summed E-state index contributed by atoms with van der Waals surface area (Å²) in [6, 6.07) is 5.16. The summed E-state index contributed by atoms with van der Waals surface area (Å²) in [5.74, 6) is 0.941. The van der Waals surface area contributed by atoms with Crippen molar-refractivity contribution >= 4 is 51.6 Å². The average Bonchev–Trinajstić information content (AvgIpc) is 2.22. The van der Waals surface area contributed by atoms with Crippen LogP contribution in [0.4, 0.5) is 5.82 Å². The summed E-state index contributed by atoms with van der Waals surface area (Å²) in [5, 5.41) is 1.08. The van der Waals surface area contributed by atoms with Crippen molar-refractivity contribution in [1.82, 2.24) is 9.97 Å². The minimum absolute atomic E-state index is 0.441. The van der Waals surface area contributed by atoms with Crippen molar-refractivity contribution in [1.29, 1.82) is 0 Å². The lowest BCUT2D eigenvalue weighted by atomic mass is 10.2. The molecule has 0 fully saturated rings. The third-order valence-electron chi connectivity index (χ3n) is 1.94. The molecule has 2 aromatic rings. The van der Waals surface area contributed by atoms with Gasteiger partial charge in [0, 0.05) is 16.8 Å². The number of hydrogen-bond acceptors (Lipinski definition) is 3. The molecule has 16 heavy (non-hydrogen) atoms. The van der Waals surface area contributed by atoms with Crippen LogP contribution in [-0.2, 0) is 0 Å². The predicted octanol–water partition coefficient (Wildman–Crippen LogP) is 3.64. The lowest BCUT2D eigenvalue weighted by molar-refractivity contribution is 1.17. The van der Waals surface area contributed by atoms with Gasteiger partial charge in [-0.25, -0.2) is 9.97 Å². The Labute approximate surface area is 116 Å². The minimum Gasteiger partial charge on any atom is -0.383 e. The van der Waals surface area contributed by atoms with Crippen LogP contribution < -0.4 is 5.73 Å². The first-order chi connectivity index (χ1) is 7.58. The van der Waals surface area contributed by atoms with E-state index >= 15 is 0 Å². The monoisotopic (exact) mass is 365 g/mol. The van der Waals surface area contributed by atoms with Gasteiger partial charge in [0.25, 0.3) is 0 Å². The van der Waals surface area contributed by atoms with E-state index in [1.54, 1.807) is 24.4 Å². The van der Waals surface area contributed by atoms with Crippen LogP contribution >= 0.6 is 45.8 Å². The second kappa shape index (κ2) is 4.73. The molecule has 0 saturated heterocycles. The van der Waals surface area contributed by atoms with Gasteiger partial charge in [0.15, 0.2) is 5.82 Å². The normalized spacial score (nSPS) is 10.4. The predicted molar refractivity (Wildman–Crippen MR) is 74.6 cm³/mol. The Morgan fingerprint density at radius 2 is 2.00 bits per heavy atom. The van der Waals surface area contributed by atoms with Gasteiger partial charge >= 0.3 is 0 Å². The fourth-order valence-electron chi connectivity index (χ4n) is 1.18. The molecule has 0 radical (unpaired) electrons. The molecule has 0 amide bonds. The van der Waals surface area contributed by atoms with E-state index in [1.807, 2.05) is 0 Å². The van der Waals surface area contributed by atoms with Crippen LogP contribution in [0.2, 0.25) is 10.0 Å². The maximum atomic E-state index is 6.05. The van der Waals surface area contributed by atoms with Gasteiger partial charge in [-0.05, 0) is 40.8 Å². The highest BCUT2D eigenvalue weighted by Crippen LogP contribution is 2.28. The van der Waals surface area contributed by atoms with E-state index in [2.05, 4.69) is 32.6 Å². The van der Waals surface area contributed by atoms with E-state index in [4.69, 9.17) is 28.9 Å². The summed E-state index contributed by atoms with van der Waals surface area (Å²) >= 11 is 13.9. The van der Waals surface area contributed by atoms with Gasteiger partial charge in [0.1, 0.15) is 5.82 Å². The Hall–Kier alpha value is -0.590. The van der Waals surface area contributed by atoms with Crippen molar-refractivity contribution in [3.63, 3.8) is 0 Å². The van der Waals surface area contributed by atoms with Crippen molar-refractivity contribution in [2.24, 2.45) is 0 Å². The number of aromatic nitrogens is 2. The molecule has 2 N–H and O–H groups in total. The first kappa shape index (κ1) is 11.9.